The maximum absolute atomic E-state index is 14.0. The van der Waals surface area contributed by atoms with Gasteiger partial charge in [-0.1, -0.05) is 84.4 Å². The van der Waals surface area contributed by atoms with Crippen LogP contribution < -0.4 is 16.0 Å². The van der Waals surface area contributed by atoms with Crippen molar-refractivity contribution in [2.75, 3.05) is 52.2 Å². The molecule has 1 aromatic rings. The highest BCUT2D eigenvalue weighted by Crippen LogP contribution is 2.37. The van der Waals surface area contributed by atoms with E-state index in [0.717, 1.165) is 17.6 Å². The zero-order valence-corrected chi connectivity index (χ0v) is 48.6. The second kappa shape index (κ2) is 29.6. The summed E-state index contributed by atoms with van der Waals surface area (Å²) in [4.78, 5) is 92.8. The second-order valence-electron chi connectivity index (χ2n) is 23.2. The number of hydrogen-bond donors (Lipinski definition) is 5. The predicted molar refractivity (Wildman–Crippen MR) is 299 cm³/mol. The molecule has 438 valence electrons. The summed E-state index contributed by atoms with van der Waals surface area (Å²) in [7, 11) is 3.69. The molecule has 1 aromatic carbocycles. The lowest BCUT2D eigenvalue weighted by atomic mass is 9.88. The van der Waals surface area contributed by atoms with Crippen molar-refractivity contribution in [3.63, 3.8) is 0 Å². The van der Waals surface area contributed by atoms with Crippen LogP contribution in [-0.2, 0) is 54.3 Å². The molecule has 2 fully saturated rings. The van der Waals surface area contributed by atoms with Gasteiger partial charge in [0.05, 0.1) is 64.1 Å². The summed E-state index contributed by atoms with van der Waals surface area (Å²) in [5, 5.41) is 29.6. The second-order valence-corrected chi connectivity index (χ2v) is 23.2. The monoisotopic (exact) mass is 1100 g/mol. The number of hydrogen-bond acceptors (Lipinski definition) is 13. The van der Waals surface area contributed by atoms with Gasteiger partial charge in [-0.05, 0) is 94.9 Å². The lowest BCUT2D eigenvalue weighted by molar-refractivity contribution is -0.926. The first-order valence-corrected chi connectivity index (χ1v) is 28.5. The number of allylic oxidation sites excluding steroid dienone is 3. The molecule has 0 radical (unpaired) electrons. The fourth-order valence-electron chi connectivity index (χ4n) is 10.4. The molecule has 12 atom stereocenters. The van der Waals surface area contributed by atoms with E-state index in [1.54, 1.807) is 18.9 Å². The molecule has 0 aromatic heterocycles. The van der Waals surface area contributed by atoms with Crippen LogP contribution in [0.1, 0.15) is 126 Å². The summed E-state index contributed by atoms with van der Waals surface area (Å²) in [6.45, 7) is 20.1. The van der Waals surface area contributed by atoms with Gasteiger partial charge in [0.25, 0.3) is 11.8 Å². The van der Waals surface area contributed by atoms with Gasteiger partial charge in [0.1, 0.15) is 30.3 Å². The summed E-state index contributed by atoms with van der Waals surface area (Å²) in [5.41, 5.74) is 1.37. The van der Waals surface area contributed by atoms with Crippen LogP contribution in [0.15, 0.2) is 72.4 Å². The molecule has 4 aliphatic rings. The summed E-state index contributed by atoms with van der Waals surface area (Å²) < 4.78 is 24.9. The number of benzene rings is 1. The fourth-order valence-corrected chi connectivity index (χ4v) is 10.4. The van der Waals surface area contributed by atoms with E-state index >= 15 is 0 Å². The van der Waals surface area contributed by atoms with E-state index in [4.69, 9.17) is 18.9 Å². The molecule has 4 heterocycles. The zero-order chi connectivity index (χ0) is 58.2. The number of nitrogens with zero attached hydrogens (tertiary/aromatic N) is 3. The highest BCUT2D eigenvalue weighted by atomic mass is 16.6. The number of amides is 6. The third-order valence-electron chi connectivity index (χ3n) is 16.1. The van der Waals surface area contributed by atoms with E-state index in [1.165, 1.54) is 17.1 Å². The Morgan fingerprint density at radius 1 is 0.949 bits per heavy atom. The van der Waals surface area contributed by atoms with Gasteiger partial charge in [-0.3, -0.25) is 38.6 Å². The van der Waals surface area contributed by atoms with Crippen molar-refractivity contribution in [3.05, 3.63) is 77.9 Å². The minimum atomic E-state index is -1.02. The van der Waals surface area contributed by atoms with E-state index < -0.39 is 59.9 Å². The molecule has 79 heavy (non-hydrogen) atoms. The van der Waals surface area contributed by atoms with Crippen LogP contribution in [0.25, 0.3) is 0 Å². The SMILES string of the molecule is CC[C@H](O)[C@@H](C)[C@H]1O[C@@H]1CC(C)/C=C/C=C(\C)[C@H]1OC(=O)C[C@H](O)CC[C@@](C)(OC)[C@@H](OC(=O)N2CC[N+](C)(Cc3ccc(NC(=O)C(C)NC(=O)C(NC(=O)CCCCCN4C(=O)C=CC4=O)C(C)C)cc3)CC2)/C=C/[C@@H]1C. The van der Waals surface area contributed by atoms with Crippen molar-refractivity contribution >= 4 is 47.3 Å². The van der Waals surface area contributed by atoms with E-state index in [1.807, 2.05) is 97.0 Å². The van der Waals surface area contributed by atoms with Gasteiger partial charge in [0.15, 0.2) is 6.10 Å². The number of quaternary nitrogens is 1. The third kappa shape index (κ3) is 19.2. The number of cyclic esters (lactones) is 1. The fraction of sp³-hybridized carbons (Fsp3) is 0.650. The van der Waals surface area contributed by atoms with E-state index in [2.05, 4.69) is 36.0 Å². The Labute approximate surface area is 468 Å². The van der Waals surface area contributed by atoms with Crippen molar-refractivity contribution in [1.82, 2.24) is 20.4 Å². The molecule has 6 amide bonds. The Morgan fingerprint density at radius 2 is 1.62 bits per heavy atom. The summed E-state index contributed by atoms with van der Waals surface area (Å²) in [5.74, 6) is -2.67. The van der Waals surface area contributed by atoms with Crippen molar-refractivity contribution in [3.8, 4) is 0 Å². The minimum Gasteiger partial charge on any atom is -0.457 e. The lowest BCUT2D eigenvalue weighted by Gasteiger charge is -2.42. The molecule has 0 bridgehead atoms. The molecule has 5 N–H and O–H groups in total. The number of methoxy groups -OCH3 is 1. The van der Waals surface area contributed by atoms with Crippen LogP contribution >= 0.6 is 0 Å². The molecule has 4 aliphatic heterocycles. The van der Waals surface area contributed by atoms with Crippen molar-refractivity contribution in [1.29, 1.82) is 0 Å². The van der Waals surface area contributed by atoms with Crippen molar-refractivity contribution < 1.29 is 67.2 Å². The van der Waals surface area contributed by atoms with Gasteiger partial charge in [0.2, 0.25) is 17.7 Å². The van der Waals surface area contributed by atoms with Crippen LogP contribution in [0.2, 0.25) is 0 Å². The van der Waals surface area contributed by atoms with E-state index in [9.17, 15) is 43.8 Å². The van der Waals surface area contributed by atoms with Gasteiger partial charge < -0.3 is 49.6 Å². The quantitative estimate of drug-likeness (QED) is 0.0146. The number of nitrogens with one attached hydrogen (secondary N) is 3. The number of anilines is 1. The number of rotatable bonds is 24. The number of ether oxygens (including phenoxy) is 4. The average Bonchev–Trinajstić information content (AvgIpc) is 4.15. The highest BCUT2D eigenvalue weighted by molar-refractivity contribution is 6.12. The van der Waals surface area contributed by atoms with Crippen LogP contribution in [0.5, 0.6) is 0 Å². The Morgan fingerprint density at radius 3 is 2.25 bits per heavy atom. The Kier molecular flexibility index (Phi) is 24.1. The van der Waals surface area contributed by atoms with Crippen LogP contribution in [0, 0.1) is 23.7 Å². The number of imide groups is 1. The van der Waals surface area contributed by atoms with Crippen molar-refractivity contribution in [2.24, 2.45) is 23.7 Å². The van der Waals surface area contributed by atoms with Crippen LogP contribution in [0.3, 0.4) is 0 Å². The Bertz CT molecular complexity index is 2360. The Balaban J connectivity index is 1.10. The maximum atomic E-state index is 14.0. The first-order valence-electron chi connectivity index (χ1n) is 28.5. The summed E-state index contributed by atoms with van der Waals surface area (Å²) in [6, 6.07) is 5.75. The molecule has 0 aliphatic carbocycles. The largest absolute Gasteiger partial charge is 0.457 e. The molecule has 5 rings (SSSR count). The average molecular weight is 1100 g/mol. The van der Waals surface area contributed by atoms with Gasteiger partial charge in [0, 0.05) is 55.3 Å². The normalized spacial score (nSPS) is 27.0. The van der Waals surface area contributed by atoms with E-state index in [-0.39, 0.29) is 85.5 Å². The zero-order valence-electron chi connectivity index (χ0n) is 48.6. The number of esters is 1. The smallest absolute Gasteiger partial charge is 0.410 e. The number of carbonyl (C=O) groups excluding carboxylic acids is 7. The van der Waals surface area contributed by atoms with E-state index in [0.29, 0.717) is 75.0 Å². The maximum Gasteiger partial charge on any atom is 0.410 e. The molecule has 2 saturated heterocycles. The first kappa shape index (κ1) is 64.1. The number of epoxide rings is 1. The van der Waals surface area contributed by atoms with Gasteiger partial charge in [-0.25, -0.2) is 4.79 Å². The van der Waals surface area contributed by atoms with Gasteiger partial charge in [-0.2, -0.15) is 0 Å². The summed E-state index contributed by atoms with van der Waals surface area (Å²) in [6.07, 6.45) is 12.7. The number of aliphatic hydroxyl groups excluding tert-OH is 2. The summed E-state index contributed by atoms with van der Waals surface area (Å²) >= 11 is 0. The van der Waals surface area contributed by atoms with Gasteiger partial charge >= 0.3 is 12.1 Å². The third-order valence-corrected chi connectivity index (χ3v) is 16.1. The van der Waals surface area contributed by atoms with Crippen LogP contribution in [0.4, 0.5) is 10.5 Å². The molecule has 19 nitrogen and oxygen atoms in total. The van der Waals surface area contributed by atoms with Gasteiger partial charge in [-0.15, -0.1) is 0 Å². The topological polar surface area (TPSA) is 243 Å². The molecule has 0 spiro atoms. The predicted octanol–water partition coefficient (Wildman–Crippen LogP) is 6.28. The number of likely N-dealkylation sites (N-methyl/N-ethyl adjacent to an activating group) is 1. The molecule has 0 saturated carbocycles. The lowest BCUT2D eigenvalue weighted by Crippen LogP contribution is -2.58. The molecule has 19 heteroatoms. The first-order chi connectivity index (χ1) is 37.3. The van der Waals surface area contributed by atoms with Crippen molar-refractivity contribution in [2.45, 2.75) is 181 Å². The Hall–Kier alpha value is -5.73. The number of unbranched alkanes of at least 4 members (excludes halogenated alkanes) is 2. The standard InChI is InChI=1S/C60H90N6O13/c1-12-47(68)42(7)56-48(77-56)35-39(4)17-16-18-40(5)55-41(6)20-25-49(60(9,76-11)29-28-46(67)36-53(72)79-55)78-59(75)64-31-33-66(10,34-32-64)37-44-21-23-45(24-22-44)62-57(73)43(8)61-58(74)54(38(2)3)63-50(69)19-14-13-15-30-65-51(70)26-27-52(65)71/h16-18,20-27,38-39,41-43,46-49,54-56,67-68H,12-15,19,28-37H2,1-11H3,(H2-,61,62,63,69,73,74)/p+1/b17-16+,25-20+,40-18+/t39?,41-,42+,43?,46+,47-,48+,49-,54?,55+,56+,60+/m0/s1. The number of carbonyl (C=O) groups is 7. The minimum absolute atomic E-state index is 0.0654. The number of aliphatic hydroxyl groups is 2. The highest BCUT2D eigenvalue weighted by Gasteiger charge is 2.45. The molecular weight excluding hydrogens is 1010 g/mol. The molecule has 3 unspecified atom stereocenters. The number of piperazine rings is 1. The molecular formula is C60H91N6O13+. The van der Waals surface area contributed by atoms with Crippen LogP contribution in [-0.4, -0.2) is 167 Å².